The van der Waals surface area contributed by atoms with Crippen LogP contribution in [0.15, 0.2) is 0 Å². The molecule has 19 heavy (non-hydrogen) atoms. The zero-order valence-electron chi connectivity index (χ0n) is 11.6. The number of piperidine rings is 1. The van der Waals surface area contributed by atoms with Crippen LogP contribution in [-0.2, 0) is 4.79 Å². The second kappa shape index (κ2) is 6.93. The van der Waals surface area contributed by atoms with Gasteiger partial charge in [-0.25, -0.2) is 0 Å². The summed E-state index contributed by atoms with van der Waals surface area (Å²) in [6.07, 6.45) is 11.7. The molecule has 0 radical (unpaired) electrons. The zero-order valence-corrected chi connectivity index (χ0v) is 11.6. The number of terminal acetylenes is 1. The van der Waals surface area contributed by atoms with Crippen LogP contribution in [-0.4, -0.2) is 42.5 Å². The molecule has 0 aromatic heterocycles. The maximum Gasteiger partial charge on any atom is 0.220 e. The van der Waals surface area contributed by atoms with Crippen LogP contribution in [0.1, 0.15) is 38.5 Å². The number of carbonyl (C=O) groups is 1. The molecule has 0 aromatic rings. The molecule has 2 aliphatic rings. The minimum atomic E-state index is -0.124. The molecule has 4 nitrogen and oxygen atoms in total. The van der Waals surface area contributed by atoms with Crippen LogP contribution in [0.2, 0.25) is 0 Å². The summed E-state index contributed by atoms with van der Waals surface area (Å²) in [6, 6.07) is 1.18. The van der Waals surface area contributed by atoms with Gasteiger partial charge in [-0.05, 0) is 38.5 Å². The van der Waals surface area contributed by atoms with Crippen LogP contribution in [0, 0.1) is 18.3 Å². The minimum Gasteiger partial charge on any atom is -0.369 e. The van der Waals surface area contributed by atoms with E-state index in [1.54, 1.807) is 0 Å². The lowest BCUT2D eigenvalue weighted by molar-refractivity contribution is -0.122. The predicted octanol–water partition coefficient (Wildman–Crippen LogP) is 0.718. The van der Waals surface area contributed by atoms with Crippen molar-refractivity contribution in [3.05, 3.63) is 0 Å². The number of amides is 1. The molecular formula is C15H25N3O. The second-order valence-corrected chi connectivity index (χ2v) is 5.87. The molecule has 2 rings (SSSR count). The zero-order chi connectivity index (χ0) is 13.7. The molecule has 0 unspecified atom stereocenters. The van der Waals surface area contributed by atoms with Crippen molar-refractivity contribution >= 4 is 5.91 Å². The first kappa shape index (κ1) is 14.4. The van der Waals surface area contributed by atoms with Gasteiger partial charge in [0.1, 0.15) is 0 Å². The van der Waals surface area contributed by atoms with E-state index in [1.807, 2.05) is 0 Å². The normalized spacial score (nSPS) is 29.8. The van der Waals surface area contributed by atoms with Gasteiger partial charge in [0, 0.05) is 31.1 Å². The van der Waals surface area contributed by atoms with Crippen LogP contribution in [0.25, 0.3) is 0 Å². The van der Waals surface area contributed by atoms with Gasteiger partial charge in [0.05, 0.1) is 6.54 Å². The van der Waals surface area contributed by atoms with E-state index >= 15 is 0 Å². The third-order valence-electron chi connectivity index (χ3n) is 4.50. The fraction of sp³-hybridized carbons (Fsp3) is 0.800. The van der Waals surface area contributed by atoms with E-state index in [9.17, 15) is 4.79 Å². The van der Waals surface area contributed by atoms with Gasteiger partial charge >= 0.3 is 0 Å². The SMILES string of the molecule is C#CCN1CCC(NC2CCC(C(N)=O)CC2)CC1. The standard InChI is InChI=1S/C15H25N3O/c1-2-9-18-10-7-14(8-11-18)17-13-5-3-12(4-6-13)15(16)19/h1,12-14,17H,3-11H2,(H2,16,19). The number of nitrogens with one attached hydrogen (secondary N) is 1. The first-order valence-corrected chi connectivity index (χ1v) is 7.40. The lowest BCUT2D eigenvalue weighted by atomic mass is 9.85. The highest BCUT2D eigenvalue weighted by molar-refractivity contribution is 5.76. The number of primary amides is 1. The Balaban J connectivity index is 1.67. The summed E-state index contributed by atoms with van der Waals surface area (Å²) in [5.74, 6) is 2.69. The average Bonchev–Trinajstić information content (AvgIpc) is 2.42. The van der Waals surface area contributed by atoms with Crippen LogP contribution in [0.3, 0.4) is 0 Å². The molecule has 2 fully saturated rings. The van der Waals surface area contributed by atoms with Crippen molar-refractivity contribution in [2.75, 3.05) is 19.6 Å². The Morgan fingerprint density at radius 1 is 1.16 bits per heavy atom. The maximum absolute atomic E-state index is 11.1. The van der Waals surface area contributed by atoms with E-state index in [-0.39, 0.29) is 11.8 Å². The summed E-state index contributed by atoms with van der Waals surface area (Å²) in [6.45, 7) is 2.97. The summed E-state index contributed by atoms with van der Waals surface area (Å²) >= 11 is 0. The number of hydrogen-bond donors (Lipinski definition) is 2. The van der Waals surface area contributed by atoms with Crippen LogP contribution >= 0.6 is 0 Å². The Morgan fingerprint density at radius 2 is 1.74 bits per heavy atom. The van der Waals surface area contributed by atoms with Crippen LogP contribution in [0.5, 0.6) is 0 Å². The fourth-order valence-electron chi connectivity index (χ4n) is 3.26. The highest BCUT2D eigenvalue weighted by Gasteiger charge is 2.27. The summed E-state index contributed by atoms with van der Waals surface area (Å²) in [7, 11) is 0. The van der Waals surface area contributed by atoms with E-state index in [0.29, 0.717) is 12.1 Å². The Bertz CT molecular complexity index is 334. The largest absolute Gasteiger partial charge is 0.369 e. The van der Waals surface area contributed by atoms with Crippen molar-refractivity contribution in [3.63, 3.8) is 0 Å². The van der Waals surface area contributed by atoms with Gasteiger partial charge in [-0.1, -0.05) is 5.92 Å². The third-order valence-corrected chi connectivity index (χ3v) is 4.50. The molecule has 1 heterocycles. The molecule has 0 atom stereocenters. The van der Waals surface area contributed by atoms with Gasteiger partial charge in [0.2, 0.25) is 5.91 Å². The molecule has 1 aliphatic carbocycles. The topological polar surface area (TPSA) is 58.4 Å². The average molecular weight is 263 g/mol. The molecule has 1 saturated carbocycles. The van der Waals surface area contributed by atoms with Gasteiger partial charge in [-0.2, -0.15) is 0 Å². The van der Waals surface area contributed by atoms with Crippen molar-refractivity contribution < 1.29 is 4.79 Å². The number of likely N-dealkylation sites (tertiary alicyclic amines) is 1. The molecule has 0 bridgehead atoms. The molecule has 0 spiro atoms. The Hall–Kier alpha value is -1.05. The molecule has 4 heteroatoms. The molecular weight excluding hydrogens is 238 g/mol. The van der Waals surface area contributed by atoms with Crippen molar-refractivity contribution in [2.45, 2.75) is 50.6 Å². The monoisotopic (exact) mass is 263 g/mol. The fourth-order valence-corrected chi connectivity index (χ4v) is 3.26. The van der Waals surface area contributed by atoms with Gasteiger partial charge in [-0.3, -0.25) is 9.69 Å². The summed E-state index contributed by atoms with van der Waals surface area (Å²) in [5, 5.41) is 3.75. The maximum atomic E-state index is 11.1. The summed E-state index contributed by atoms with van der Waals surface area (Å²) in [5.41, 5.74) is 5.36. The van der Waals surface area contributed by atoms with Crippen molar-refractivity contribution in [1.29, 1.82) is 0 Å². The third kappa shape index (κ3) is 4.22. The van der Waals surface area contributed by atoms with E-state index < -0.39 is 0 Å². The molecule has 0 aromatic carbocycles. The van der Waals surface area contributed by atoms with Crippen molar-refractivity contribution in [2.24, 2.45) is 11.7 Å². The predicted molar refractivity (Wildman–Crippen MR) is 76.4 cm³/mol. The van der Waals surface area contributed by atoms with Gasteiger partial charge in [-0.15, -0.1) is 6.42 Å². The van der Waals surface area contributed by atoms with Crippen LogP contribution < -0.4 is 11.1 Å². The Labute approximate surface area is 116 Å². The highest BCUT2D eigenvalue weighted by atomic mass is 16.1. The van der Waals surface area contributed by atoms with Crippen LogP contribution in [0.4, 0.5) is 0 Å². The van der Waals surface area contributed by atoms with Crippen molar-refractivity contribution in [1.82, 2.24) is 10.2 Å². The van der Waals surface area contributed by atoms with E-state index in [4.69, 9.17) is 12.2 Å². The Morgan fingerprint density at radius 3 is 2.26 bits per heavy atom. The van der Waals surface area contributed by atoms with Gasteiger partial charge in [0.15, 0.2) is 0 Å². The smallest absolute Gasteiger partial charge is 0.220 e. The molecule has 1 aliphatic heterocycles. The minimum absolute atomic E-state index is 0.107. The molecule has 3 N–H and O–H groups in total. The van der Waals surface area contributed by atoms with Gasteiger partial charge in [0.25, 0.3) is 0 Å². The number of rotatable bonds is 4. The summed E-state index contributed by atoms with van der Waals surface area (Å²) < 4.78 is 0. The number of nitrogens with zero attached hydrogens (tertiary/aromatic N) is 1. The summed E-state index contributed by atoms with van der Waals surface area (Å²) in [4.78, 5) is 13.5. The number of nitrogens with two attached hydrogens (primary N) is 1. The first-order chi connectivity index (χ1) is 9.19. The first-order valence-electron chi connectivity index (χ1n) is 7.40. The lowest BCUT2D eigenvalue weighted by Crippen LogP contribution is -2.47. The van der Waals surface area contributed by atoms with E-state index in [1.165, 1.54) is 12.8 Å². The lowest BCUT2D eigenvalue weighted by Gasteiger charge is -2.35. The highest BCUT2D eigenvalue weighted by Crippen LogP contribution is 2.25. The van der Waals surface area contributed by atoms with Crippen molar-refractivity contribution in [3.8, 4) is 12.3 Å². The number of hydrogen-bond acceptors (Lipinski definition) is 3. The van der Waals surface area contributed by atoms with E-state index in [2.05, 4.69) is 16.1 Å². The molecule has 1 saturated heterocycles. The van der Waals surface area contributed by atoms with E-state index in [0.717, 1.165) is 45.3 Å². The number of carbonyl (C=O) groups excluding carboxylic acids is 1. The molecule has 106 valence electrons. The molecule has 1 amide bonds. The second-order valence-electron chi connectivity index (χ2n) is 5.87. The Kier molecular flexibility index (Phi) is 5.24. The van der Waals surface area contributed by atoms with Gasteiger partial charge < -0.3 is 11.1 Å². The quantitative estimate of drug-likeness (QED) is 0.735.